The molecular formula is C19H21N3O3. The van der Waals surface area contributed by atoms with Crippen molar-refractivity contribution >= 4 is 34.7 Å². The first-order valence-corrected chi connectivity index (χ1v) is 7.96. The molecule has 2 aromatic rings. The number of ketones is 1. The highest BCUT2D eigenvalue weighted by atomic mass is 16.2. The van der Waals surface area contributed by atoms with E-state index < -0.39 is 0 Å². The van der Waals surface area contributed by atoms with Crippen LogP contribution in [0.3, 0.4) is 0 Å². The molecule has 0 fully saturated rings. The number of amides is 2. The Kier molecular flexibility index (Phi) is 6.28. The summed E-state index contributed by atoms with van der Waals surface area (Å²) in [5.74, 6) is -0.267. The van der Waals surface area contributed by atoms with Crippen LogP contribution in [-0.2, 0) is 9.59 Å². The molecule has 0 saturated heterocycles. The highest BCUT2D eigenvalue weighted by molar-refractivity contribution is 5.95. The molecule has 0 atom stereocenters. The van der Waals surface area contributed by atoms with Gasteiger partial charge in [0.25, 0.3) is 0 Å². The van der Waals surface area contributed by atoms with Crippen LogP contribution in [0.2, 0.25) is 0 Å². The number of rotatable bonds is 7. The third-order valence-corrected chi connectivity index (χ3v) is 3.44. The van der Waals surface area contributed by atoms with Crippen LogP contribution in [0.5, 0.6) is 0 Å². The highest BCUT2D eigenvalue weighted by Crippen LogP contribution is 2.15. The van der Waals surface area contributed by atoms with Gasteiger partial charge >= 0.3 is 0 Å². The van der Waals surface area contributed by atoms with Gasteiger partial charge in [-0.25, -0.2) is 0 Å². The number of hydrogen-bond acceptors (Lipinski definition) is 4. The lowest BCUT2D eigenvalue weighted by atomic mass is 10.1. The Morgan fingerprint density at radius 1 is 0.840 bits per heavy atom. The van der Waals surface area contributed by atoms with Gasteiger partial charge in [-0.3, -0.25) is 14.4 Å². The SMILES string of the molecule is CC(=O)Nc1cccc(NCCC(=O)Nc2ccc(C(C)=O)cc2)c1. The molecule has 0 aliphatic rings. The minimum atomic E-state index is -0.132. The van der Waals surface area contributed by atoms with E-state index in [1.807, 2.05) is 12.1 Å². The minimum absolute atomic E-state index is 0.0106. The van der Waals surface area contributed by atoms with Gasteiger partial charge in [0.15, 0.2) is 5.78 Å². The van der Waals surface area contributed by atoms with Crippen LogP contribution >= 0.6 is 0 Å². The molecule has 0 spiro atoms. The molecule has 3 N–H and O–H groups in total. The van der Waals surface area contributed by atoms with E-state index >= 15 is 0 Å². The first kappa shape index (κ1) is 18.2. The molecule has 130 valence electrons. The summed E-state index contributed by atoms with van der Waals surface area (Å²) >= 11 is 0. The van der Waals surface area contributed by atoms with Gasteiger partial charge in [-0.1, -0.05) is 6.07 Å². The zero-order valence-electron chi connectivity index (χ0n) is 14.3. The number of carbonyl (C=O) groups excluding carboxylic acids is 3. The number of anilines is 3. The molecule has 0 heterocycles. The second-order valence-electron chi connectivity index (χ2n) is 5.62. The number of carbonyl (C=O) groups is 3. The summed E-state index contributed by atoms with van der Waals surface area (Å²) in [5, 5.41) is 8.63. The standard InChI is InChI=1S/C19H21N3O3/c1-13(23)15-6-8-16(9-7-15)22-19(25)10-11-20-17-4-3-5-18(12-17)21-14(2)24/h3-9,12,20H,10-11H2,1-2H3,(H,21,24)(H,22,25). The number of benzene rings is 2. The maximum absolute atomic E-state index is 12.0. The van der Waals surface area contributed by atoms with Crippen molar-refractivity contribution in [3.63, 3.8) is 0 Å². The first-order valence-electron chi connectivity index (χ1n) is 7.96. The molecule has 0 aliphatic heterocycles. The van der Waals surface area contributed by atoms with Crippen LogP contribution in [0.25, 0.3) is 0 Å². The fourth-order valence-corrected chi connectivity index (χ4v) is 2.24. The summed E-state index contributed by atoms with van der Waals surface area (Å²) in [6.07, 6.45) is 0.291. The van der Waals surface area contributed by atoms with Crippen LogP contribution in [0, 0.1) is 0 Å². The van der Waals surface area contributed by atoms with E-state index in [2.05, 4.69) is 16.0 Å². The van der Waals surface area contributed by atoms with E-state index in [1.54, 1.807) is 36.4 Å². The molecule has 6 nitrogen and oxygen atoms in total. The summed E-state index contributed by atoms with van der Waals surface area (Å²) in [5.41, 5.74) is 2.79. The lowest BCUT2D eigenvalue weighted by Crippen LogP contribution is -2.16. The molecule has 0 bridgehead atoms. The van der Waals surface area contributed by atoms with Crippen LogP contribution < -0.4 is 16.0 Å². The van der Waals surface area contributed by atoms with Crippen LogP contribution in [-0.4, -0.2) is 24.1 Å². The third-order valence-electron chi connectivity index (χ3n) is 3.44. The van der Waals surface area contributed by atoms with Gasteiger partial charge in [-0.2, -0.15) is 0 Å². The zero-order chi connectivity index (χ0) is 18.2. The molecule has 0 aliphatic carbocycles. The first-order chi connectivity index (χ1) is 11.9. The molecule has 2 rings (SSSR count). The van der Waals surface area contributed by atoms with Crippen molar-refractivity contribution in [2.45, 2.75) is 20.3 Å². The molecule has 25 heavy (non-hydrogen) atoms. The maximum atomic E-state index is 12.0. The predicted molar refractivity (Wildman–Crippen MR) is 98.9 cm³/mol. The molecule has 0 aromatic heterocycles. The predicted octanol–water partition coefficient (Wildman–Crippen LogP) is 3.29. The molecule has 2 aromatic carbocycles. The van der Waals surface area contributed by atoms with E-state index in [-0.39, 0.29) is 17.6 Å². The molecule has 2 amide bonds. The molecule has 6 heteroatoms. The van der Waals surface area contributed by atoms with Crippen molar-refractivity contribution in [3.05, 3.63) is 54.1 Å². The fraction of sp³-hybridized carbons (Fsp3) is 0.211. The van der Waals surface area contributed by atoms with Crippen LogP contribution in [0.15, 0.2) is 48.5 Å². The summed E-state index contributed by atoms with van der Waals surface area (Å²) in [4.78, 5) is 34.2. The van der Waals surface area contributed by atoms with E-state index in [4.69, 9.17) is 0 Å². The zero-order valence-corrected chi connectivity index (χ0v) is 14.3. The Balaban J connectivity index is 1.80. The van der Waals surface area contributed by atoms with Gasteiger partial charge in [0.05, 0.1) is 0 Å². The summed E-state index contributed by atoms with van der Waals surface area (Å²) < 4.78 is 0. The number of nitrogens with one attached hydrogen (secondary N) is 3. The lowest BCUT2D eigenvalue weighted by molar-refractivity contribution is -0.116. The summed E-state index contributed by atoms with van der Waals surface area (Å²) in [6, 6.07) is 14.1. The van der Waals surface area contributed by atoms with Crippen molar-refractivity contribution in [2.24, 2.45) is 0 Å². The quantitative estimate of drug-likeness (QED) is 0.676. The van der Waals surface area contributed by atoms with Gasteiger partial charge in [-0.05, 0) is 49.4 Å². The van der Waals surface area contributed by atoms with Crippen LogP contribution in [0.1, 0.15) is 30.6 Å². The Morgan fingerprint density at radius 2 is 1.52 bits per heavy atom. The highest BCUT2D eigenvalue weighted by Gasteiger charge is 2.04. The largest absolute Gasteiger partial charge is 0.384 e. The monoisotopic (exact) mass is 339 g/mol. The van der Waals surface area contributed by atoms with E-state index in [1.165, 1.54) is 13.8 Å². The molecular weight excluding hydrogens is 318 g/mol. The topological polar surface area (TPSA) is 87.3 Å². The summed E-state index contributed by atoms with van der Waals surface area (Å²) in [7, 11) is 0. The van der Waals surface area contributed by atoms with Crippen molar-refractivity contribution < 1.29 is 14.4 Å². The second kappa shape index (κ2) is 8.63. The Labute approximate surface area is 146 Å². The van der Waals surface area contributed by atoms with E-state index in [0.29, 0.717) is 29.9 Å². The van der Waals surface area contributed by atoms with E-state index in [0.717, 1.165) is 5.69 Å². The number of hydrogen-bond donors (Lipinski definition) is 3. The molecule has 0 unspecified atom stereocenters. The second-order valence-corrected chi connectivity index (χ2v) is 5.62. The van der Waals surface area contributed by atoms with Gasteiger partial charge < -0.3 is 16.0 Å². The van der Waals surface area contributed by atoms with Gasteiger partial charge in [0.2, 0.25) is 11.8 Å². The Bertz CT molecular complexity index is 770. The molecule has 0 radical (unpaired) electrons. The average Bonchev–Trinajstić information content (AvgIpc) is 2.55. The Hall–Kier alpha value is -3.15. The third kappa shape index (κ3) is 6.10. The van der Waals surface area contributed by atoms with Gasteiger partial charge in [-0.15, -0.1) is 0 Å². The fourth-order valence-electron chi connectivity index (χ4n) is 2.24. The summed E-state index contributed by atoms with van der Waals surface area (Å²) in [6.45, 7) is 3.41. The maximum Gasteiger partial charge on any atom is 0.226 e. The minimum Gasteiger partial charge on any atom is -0.384 e. The number of Topliss-reactive ketones (excluding diaryl/α,β-unsaturated/α-hetero) is 1. The molecule has 0 saturated carbocycles. The van der Waals surface area contributed by atoms with Crippen molar-refractivity contribution in [1.82, 2.24) is 0 Å². The lowest BCUT2D eigenvalue weighted by Gasteiger charge is -2.09. The Morgan fingerprint density at radius 3 is 2.16 bits per heavy atom. The van der Waals surface area contributed by atoms with Crippen LogP contribution in [0.4, 0.5) is 17.1 Å². The van der Waals surface area contributed by atoms with Crippen molar-refractivity contribution in [1.29, 1.82) is 0 Å². The van der Waals surface area contributed by atoms with Gasteiger partial charge in [0.1, 0.15) is 0 Å². The van der Waals surface area contributed by atoms with Crippen molar-refractivity contribution in [3.8, 4) is 0 Å². The van der Waals surface area contributed by atoms with Gasteiger partial charge in [0, 0.05) is 42.5 Å². The van der Waals surface area contributed by atoms with E-state index in [9.17, 15) is 14.4 Å². The normalized spacial score (nSPS) is 10.0. The smallest absolute Gasteiger partial charge is 0.226 e. The average molecular weight is 339 g/mol. The van der Waals surface area contributed by atoms with Crippen molar-refractivity contribution in [2.75, 3.05) is 22.5 Å².